The number of hydrogen-bond acceptors (Lipinski definition) is 3. The number of nitriles is 1. The van der Waals surface area contributed by atoms with Gasteiger partial charge in [-0.25, -0.2) is 4.98 Å². The molecule has 0 saturated heterocycles. The van der Waals surface area contributed by atoms with Crippen LogP contribution in [0.25, 0.3) is 0 Å². The van der Waals surface area contributed by atoms with Gasteiger partial charge in [-0.2, -0.15) is 5.26 Å². The molecule has 0 N–H and O–H groups in total. The van der Waals surface area contributed by atoms with Crippen molar-refractivity contribution in [3.63, 3.8) is 0 Å². The smallest absolute Gasteiger partial charge is 0.224 e. The summed E-state index contributed by atoms with van der Waals surface area (Å²) in [6.07, 6.45) is 1.44. The molecule has 0 aliphatic carbocycles. The van der Waals surface area contributed by atoms with Crippen LogP contribution in [0.2, 0.25) is 0 Å². The number of rotatable bonds is 1. The maximum Gasteiger partial charge on any atom is 0.224 e. The zero-order chi connectivity index (χ0) is 9.84. The molecule has 13 heavy (non-hydrogen) atoms. The Balaban J connectivity index is 2.93. The van der Waals surface area contributed by atoms with Crippen molar-refractivity contribution in [1.29, 1.82) is 5.26 Å². The second kappa shape index (κ2) is 3.68. The first-order valence-corrected chi connectivity index (χ1v) is 3.75. The Morgan fingerprint density at radius 2 is 2.31 bits per heavy atom. The minimum absolute atomic E-state index is 0.0859. The summed E-state index contributed by atoms with van der Waals surface area (Å²) < 4.78 is 0. The molecular formula is C9H9N3O. The normalized spacial score (nSPS) is 9.00. The highest BCUT2D eigenvalue weighted by atomic mass is 16.2. The lowest BCUT2D eigenvalue weighted by molar-refractivity contribution is -0.116. The van der Waals surface area contributed by atoms with Crippen molar-refractivity contribution in [2.45, 2.75) is 6.92 Å². The molecule has 0 bridgehead atoms. The minimum atomic E-state index is -0.0859. The fraction of sp³-hybridized carbons (Fsp3) is 0.222. The lowest BCUT2D eigenvalue weighted by Crippen LogP contribution is -2.23. The predicted octanol–water partition coefficient (Wildman–Crippen LogP) is 0.936. The average molecular weight is 175 g/mol. The monoisotopic (exact) mass is 175 g/mol. The predicted molar refractivity (Wildman–Crippen MR) is 48.0 cm³/mol. The molecule has 4 nitrogen and oxygen atoms in total. The van der Waals surface area contributed by atoms with Gasteiger partial charge < -0.3 is 4.90 Å². The van der Waals surface area contributed by atoms with E-state index in [1.54, 1.807) is 19.2 Å². The summed E-state index contributed by atoms with van der Waals surface area (Å²) in [6, 6.07) is 5.22. The van der Waals surface area contributed by atoms with Crippen molar-refractivity contribution in [1.82, 2.24) is 4.98 Å². The van der Waals surface area contributed by atoms with Crippen molar-refractivity contribution in [3.8, 4) is 6.07 Å². The van der Waals surface area contributed by atoms with E-state index in [2.05, 4.69) is 4.98 Å². The van der Waals surface area contributed by atoms with Crippen molar-refractivity contribution in [2.24, 2.45) is 0 Å². The number of carbonyl (C=O) groups is 1. The molecule has 1 aromatic rings. The number of carbonyl (C=O) groups excluding carboxylic acids is 1. The van der Waals surface area contributed by atoms with Gasteiger partial charge in [0.2, 0.25) is 5.91 Å². The molecule has 4 heteroatoms. The van der Waals surface area contributed by atoms with Crippen molar-refractivity contribution in [2.75, 3.05) is 11.9 Å². The van der Waals surface area contributed by atoms with Crippen molar-refractivity contribution in [3.05, 3.63) is 23.9 Å². The zero-order valence-electron chi connectivity index (χ0n) is 7.48. The number of pyridine rings is 1. The maximum atomic E-state index is 10.9. The van der Waals surface area contributed by atoms with Crippen LogP contribution in [0.3, 0.4) is 0 Å². The average Bonchev–Trinajstić information content (AvgIpc) is 2.17. The van der Waals surface area contributed by atoms with E-state index in [1.807, 2.05) is 6.07 Å². The third-order valence-electron chi connectivity index (χ3n) is 1.69. The minimum Gasteiger partial charge on any atom is -0.300 e. The van der Waals surface area contributed by atoms with Crippen LogP contribution in [-0.4, -0.2) is 17.9 Å². The van der Waals surface area contributed by atoms with Gasteiger partial charge in [0.25, 0.3) is 0 Å². The van der Waals surface area contributed by atoms with Gasteiger partial charge in [-0.15, -0.1) is 0 Å². The molecule has 1 aromatic heterocycles. The Hall–Kier alpha value is -1.89. The molecular weight excluding hydrogens is 166 g/mol. The lowest BCUT2D eigenvalue weighted by atomic mass is 10.3. The fourth-order valence-corrected chi connectivity index (χ4v) is 0.812. The molecule has 0 aliphatic rings. The van der Waals surface area contributed by atoms with Crippen LogP contribution in [-0.2, 0) is 4.79 Å². The van der Waals surface area contributed by atoms with Gasteiger partial charge in [0.05, 0.1) is 5.56 Å². The van der Waals surface area contributed by atoms with Gasteiger partial charge in [-0.1, -0.05) is 0 Å². The lowest BCUT2D eigenvalue weighted by Gasteiger charge is -2.12. The van der Waals surface area contributed by atoms with Gasteiger partial charge >= 0.3 is 0 Å². The quantitative estimate of drug-likeness (QED) is 0.638. The highest BCUT2D eigenvalue weighted by Gasteiger charge is 2.05. The van der Waals surface area contributed by atoms with E-state index >= 15 is 0 Å². The van der Waals surface area contributed by atoms with E-state index in [9.17, 15) is 4.79 Å². The van der Waals surface area contributed by atoms with Crippen LogP contribution in [0.5, 0.6) is 0 Å². The summed E-state index contributed by atoms with van der Waals surface area (Å²) in [6.45, 7) is 1.46. The Morgan fingerprint density at radius 1 is 1.62 bits per heavy atom. The maximum absolute atomic E-state index is 10.9. The molecule has 0 radical (unpaired) electrons. The Labute approximate surface area is 76.4 Å². The van der Waals surface area contributed by atoms with E-state index in [-0.39, 0.29) is 5.91 Å². The van der Waals surface area contributed by atoms with E-state index in [0.29, 0.717) is 11.4 Å². The number of nitrogens with zero attached hydrogens (tertiary/aromatic N) is 3. The number of amides is 1. The molecule has 0 fully saturated rings. The highest BCUT2D eigenvalue weighted by Crippen LogP contribution is 2.08. The zero-order valence-corrected chi connectivity index (χ0v) is 7.48. The summed E-state index contributed by atoms with van der Waals surface area (Å²) in [5.74, 6) is 0.462. The molecule has 0 aliphatic heterocycles. The van der Waals surface area contributed by atoms with Crippen LogP contribution < -0.4 is 4.90 Å². The van der Waals surface area contributed by atoms with Crippen LogP contribution in [0.1, 0.15) is 12.5 Å². The molecule has 0 spiro atoms. The molecule has 0 unspecified atom stereocenters. The molecule has 0 saturated carbocycles. The standard InChI is InChI=1S/C9H9N3O/c1-7(13)12(2)9-4-3-8(5-10)6-11-9/h3-4,6H,1-2H3. The molecule has 0 aromatic carbocycles. The van der Waals surface area contributed by atoms with Gasteiger partial charge in [-0.3, -0.25) is 4.79 Å². The summed E-state index contributed by atoms with van der Waals surface area (Å²) in [5.41, 5.74) is 0.487. The van der Waals surface area contributed by atoms with Gasteiger partial charge in [0.15, 0.2) is 0 Å². The van der Waals surface area contributed by atoms with Crippen LogP contribution in [0, 0.1) is 11.3 Å². The van der Waals surface area contributed by atoms with Gasteiger partial charge in [-0.05, 0) is 12.1 Å². The second-order valence-corrected chi connectivity index (χ2v) is 2.59. The first-order valence-electron chi connectivity index (χ1n) is 3.75. The molecule has 1 heterocycles. The first kappa shape index (κ1) is 9.20. The van der Waals surface area contributed by atoms with Crippen LogP contribution >= 0.6 is 0 Å². The summed E-state index contributed by atoms with van der Waals surface area (Å²) >= 11 is 0. The topological polar surface area (TPSA) is 57.0 Å². The summed E-state index contributed by atoms with van der Waals surface area (Å²) in [4.78, 5) is 16.3. The molecule has 1 amide bonds. The van der Waals surface area contributed by atoms with Crippen molar-refractivity contribution >= 4 is 11.7 Å². The fourth-order valence-electron chi connectivity index (χ4n) is 0.812. The third-order valence-corrected chi connectivity index (χ3v) is 1.69. The summed E-state index contributed by atoms with van der Waals surface area (Å²) in [5, 5.41) is 8.51. The Bertz CT molecular complexity index is 350. The molecule has 0 atom stereocenters. The Kier molecular flexibility index (Phi) is 2.60. The van der Waals surface area contributed by atoms with Crippen LogP contribution in [0.15, 0.2) is 18.3 Å². The SMILES string of the molecule is CC(=O)N(C)c1ccc(C#N)cn1. The van der Waals surface area contributed by atoms with Crippen LogP contribution in [0.4, 0.5) is 5.82 Å². The number of anilines is 1. The number of aromatic nitrogens is 1. The van der Waals surface area contributed by atoms with E-state index in [1.165, 1.54) is 18.0 Å². The van der Waals surface area contributed by atoms with E-state index in [4.69, 9.17) is 5.26 Å². The highest BCUT2D eigenvalue weighted by molar-refractivity contribution is 5.89. The van der Waals surface area contributed by atoms with E-state index < -0.39 is 0 Å². The van der Waals surface area contributed by atoms with E-state index in [0.717, 1.165) is 0 Å². The third kappa shape index (κ3) is 2.03. The largest absolute Gasteiger partial charge is 0.300 e. The Morgan fingerprint density at radius 3 is 2.69 bits per heavy atom. The second-order valence-electron chi connectivity index (χ2n) is 2.59. The molecule has 66 valence electrons. The van der Waals surface area contributed by atoms with Crippen molar-refractivity contribution < 1.29 is 4.79 Å². The first-order chi connectivity index (χ1) is 6.15. The molecule has 1 rings (SSSR count). The summed E-state index contributed by atoms with van der Waals surface area (Å²) in [7, 11) is 1.64. The van der Waals surface area contributed by atoms with Gasteiger partial charge in [0, 0.05) is 20.2 Å². The van der Waals surface area contributed by atoms with Gasteiger partial charge in [0.1, 0.15) is 11.9 Å². The number of hydrogen-bond donors (Lipinski definition) is 0.